The third-order valence-corrected chi connectivity index (χ3v) is 4.19. The van der Waals surface area contributed by atoms with Crippen molar-refractivity contribution in [2.45, 2.75) is 26.7 Å². The van der Waals surface area contributed by atoms with Crippen LogP contribution in [0.25, 0.3) is 0 Å². The molecule has 18 heavy (non-hydrogen) atoms. The monoisotopic (exact) mass is 267 g/mol. The average molecular weight is 267 g/mol. The van der Waals surface area contributed by atoms with Crippen molar-refractivity contribution in [1.82, 2.24) is 0 Å². The zero-order valence-corrected chi connectivity index (χ0v) is 11.5. The minimum atomic E-state index is -0.359. The van der Waals surface area contributed by atoms with E-state index in [1.165, 1.54) is 0 Å². The lowest BCUT2D eigenvalue weighted by atomic mass is 10.1. The second-order valence-corrected chi connectivity index (χ2v) is 5.42. The Balaban J connectivity index is 2.14. The molecule has 98 valence electrons. The topological polar surface area (TPSA) is 52.4 Å². The average Bonchev–Trinajstić information content (AvgIpc) is 3.10. The van der Waals surface area contributed by atoms with Gasteiger partial charge in [-0.2, -0.15) is 12.6 Å². The third kappa shape index (κ3) is 2.61. The van der Waals surface area contributed by atoms with E-state index >= 15 is 0 Å². The Morgan fingerprint density at radius 1 is 1.39 bits per heavy atom. The van der Waals surface area contributed by atoms with E-state index in [0.29, 0.717) is 12.2 Å². The molecular formula is C13H17NO3S. The molecule has 1 fully saturated rings. The van der Waals surface area contributed by atoms with Crippen LogP contribution in [0.1, 0.15) is 24.0 Å². The number of benzene rings is 1. The highest BCUT2D eigenvalue weighted by molar-refractivity contribution is 7.80. The number of aryl methyl sites for hydroxylation is 2. The van der Waals surface area contributed by atoms with E-state index in [1.807, 2.05) is 6.92 Å². The Labute approximate surface area is 112 Å². The van der Waals surface area contributed by atoms with Crippen LogP contribution in [0.4, 0.5) is 5.69 Å². The molecule has 0 heterocycles. The number of nitro groups is 1. The van der Waals surface area contributed by atoms with E-state index in [-0.39, 0.29) is 16.0 Å². The van der Waals surface area contributed by atoms with Crippen LogP contribution in [0.3, 0.4) is 0 Å². The lowest BCUT2D eigenvalue weighted by Crippen LogP contribution is -2.15. The molecule has 1 aromatic carbocycles. The predicted octanol–water partition coefficient (Wildman–Crippen LogP) is 3.30. The first-order valence-electron chi connectivity index (χ1n) is 5.97. The summed E-state index contributed by atoms with van der Waals surface area (Å²) in [6, 6.07) is 3.33. The molecule has 0 N–H and O–H groups in total. The van der Waals surface area contributed by atoms with Gasteiger partial charge in [-0.15, -0.1) is 0 Å². The van der Waals surface area contributed by atoms with Crippen LogP contribution >= 0.6 is 12.6 Å². The fraction of sp³-hybridized carbons (Fsp3) is 0.538. The van der Waals surface area contributed by atoms with Crippen molar-refractivity contribution in [1.29, 1.82) is 0 Å². The van der Waals surface area contributed by atoms with Gasteiger partial charge >= 0.3 is 0 Å². The smallest absolute Gasteiger partial charge is 0.272 e. The first-order valence-corrected chi connectivity index (χ1v) is 6.60. The minimum Gasteiger partial charge on any atom is -0.493 e. The van der Waals surface area contributed by atoms with Crippen LogP contribution < -0.4 is 4.74 Å². The van der Waals surface area contributed by atoms with Gasteiger partial charge in [0.25, 0.3) is 5.69 Å². The molecule has 2 rings (SSSR count). The molecule has 1 aliphatic carbocycles. The van der Waals surface area contributed by atoms with E-state index < -0.39 is 0 Å². The highest BCUT2D eigenvalue weighted by Crippen LogP contribution is 2.47. The maximum atomic E-state index is 10.8. The van der Waals surface area contributed by atoms with E-state index in [9.17, 15) is 10.1 Å². The molecule has 0 spiro atoms. The van der Waals surface area contributed by atoms with Crippen molar-refractivity contribution < 1.29 is 9.66 Å². The van der Waals surface area contributed by atoms with Crippen LogP contribution in [-0.4, -0.2) is 17.3 Å². The highest BCUT2D eigenvalue weighted by atomic mass is 32.1. The second kappa shape index (κ2) is 4.80. The summed E-state index contributed by atoms with van der Waals surface area (Å²) in [5.74, 6) is 1.57. The fourth-order valence-electron chi connectivity index (χ4n) is 1.88. The molecule has 0 saturated heterocycles. The first kappa shape index (κ1) is 13.2. The summed E-state index contributed by atoms with van der Waals surface area (Å²) >= 11 is 4.33. The van der Waals surface area contributed by atoms with Crippen molar-refractivity contribution in [3.63, 3.8) is 0 Å². The Morgan fingerprint density at radius 2 is 2.06 bits per heavy atom. The van der Waals surface area contributed by atoms with E-state index in [2.05, 4.69) is 12.6 Å². The molecule has 0 amide bonds. The normalized spacial score (nSPS) is 16.4. The SMILES string of the molecule is Cc1cc([N+](=O)[O-])c(C)cc1OCC1(CS)CC1. The fourth-order valence-corrected chi connectivity index (χ4v) is 2.29. The van der Waals surface area contributed by atoms with Crippen LogP contribution in [0.5, 0.6) is 5.75 Å². The Morgan fingerprint density at radius 3 is 2.56 bits per heavy atom. The number of nitro benzene ring substituents is 1. The first-order chi connectivity index (χ1) is 8.47. The van der Waals surface area contributed by atoms with Crippen molar-refractivity contribution >= 4 is 18.3 Å². The van der Waals surface area contributed by atoms with Gasteiger partial charge in [-0.1, -0.05) is 0 Å². The summed E-state index contributed by atoms with van der Waals surface area (Å²) < 4.78 is 5.80. The minimum absolute atomic E-state index is 0.148. The lowest BCUT2D eigenvalue weighted by molar-refractivity contribution is -0.385. The van der Waals surface area contributed by atoms with Crippen LogP contribution in [0.2, 0.25) is 0 Å². The second-order valence-electron chi connectivity index (χ2n) is 5.11. The molecular weight excluding hydrogens is 250 g/mol. The number of ether oxygens (including phenoxy) is 1. The van der Waals surface area contributed by atoms with Crippen LogP contribution in [0.15, 0.2) is 12.1 Å². The summed E-state index contributed by atoms with van der Waals surface area (Å²) in [5, 5.41) is 10.8. The van der Waals surface area contributed by atoms with Gasteiger partial charge in [-0.3, -0.25) is 10.1 Å². The summed E-state index contributed by atoms with van der Waals surface area (Å²) in [5.41, 5.74) is 1.82. The van der Waals surface area contributed by atoms with Gasteiger partial charge in [0.05, 0.1) is 11.5 Å². The van der Waals surface area contributed by atoms with Gasteiger partial charge in [0.1, 0.15) is 5.75 Å². The van der Waals surface area contributed by atoms with E-state index in [1.54, 1.807) is 19.1 Å². The van der Waals surface area contributed by atoms with Crippen molar-refractivity contribution in [2.75, 3.05) is 12.4 Å². The van der Waals surface area contributed by atoms with E-state index in [0.717, 1.165) is 29.9 Å². The van der Waals surface area contributed by atoms with Crippen molar-refractivity contribution in [3.05, 3.63) is 33.4 Å². The summed E-state index contributed by atoms with van der Waals surface area (Å²) in [6.07, 6.45) is 2.31. The Hall–Kier alpha value is -1.23. The zero-order valence-electron chi connectivity index (χ0n) is 10.6. The van der Waals surface area contributed by atoms with Gasteiger partial charge in [0.15, 0.2) is 0 Å². The number of rotatable bonds is 5. The molecule has 1 aromatic rings. The molecule has 5 heteroatoms. The maximum Gasteiger partial charge on any atom is 0.272 e. The van der Waals surface area contributed by atoms with Crippen LogP contribution in [-0.2, 0) is 0 Å². The van der Waals surface area contributed by atoms with Crippen LogP contribution in [0, 0.1) is 29.4 Å². The van der Waals surface area contributed by atoms with Crippen molar-refractivity contribution in [2.24, 2.45) is 5.41 Å². The van der Waals surface area contributed by atoms with Gasteiger partial charge in [-0.05, 0) is 44.1 Å². The van der Waals surface area contributed by atoms with Gasteiger partial charge in [0, 0.05) is 17.0 Å². The molecule has 0 atom stereocenters. The molecule has 0 radical (unpaired) electrons. The van der Waals surface area contributed by atoms with Gasteiger partial charge < -0.3 is 4.74 Å². The highest BCUT2D eigenvalue weighted by Gasteiger charge is 2.42. The van der Waals surface area contributed by atoms with Gasteiger partial charge in [0.2, 0.25) is 0 Å². The molecule has 0 bridgehead atoms. The number of hydrogen-bond acceptors (Lipinski definition) is 4. The summed E-state index contributed by atoms with van der Waals surface area (Å²) in [7, 11) is 0. The molecule has 1 saturated carbocycles. The van der Waals surface area contributed by atoms with E-state index in [4.69, 9.17) is 4.74 Å². The van der Waals surface area contributed by atoms with Crippen molar-refractivity contribution in [3.8, 4) is 5.75 Å². The Kier molecular flexibility index (Phi) is 3.52. The molecule has 0 unspecified atom stereocenters. The lowest BCUT2D eigenvalue weighted by Gasteiger charge is -2.15. The number of thiol groups is 1. The maximum absolute atomic E-state index is 10.8. The molecule has 4 nitrogen and oxygen atoms in total. The number of hydrogen-bond donors (Lipinski definition) is 1. The third-order valence-electron chi connectivity index (χ3n) is 3.52. The summed E-state index contributed by atoms with van der Waals surface area (Å²) in [4.78, 5) is 10.5. The Bertz CT molecular complexity index is 483. The quantitative estimate of drug-likeness (QED) is 0.506. The largest absolute Gasteiger partial charge is 0.493 e. The zero-order chi connectivity index (χ0) is 13.3. The standard InChI is InChI=1S/C13H17NO3S/c1-9-6-12(10(2)5-11(9)14(15)16)17-7-13(8-18)3-4-13/h5-6,18H,3-4,7-8H2,1-2H3. The molecule has 0 aromatic heterocycles. The molecule has 1 aliphatic rings. The number of nitrogens with zero attached hydrogens (tertiary/aromatic N) is 1. The molecule has 0 aliphatic heterocycles. The predicted molar refractivity (Wildman–Crippen MR) is 73.6 cm³/mol. The van der Waals surface area contributed by atoms with Gasteiger partial charge in [-0.25, -0.2) is 0 Å². The summed E-state index contributed by atoms with van der Waals surface area (Å²) in [6.45, 7) is 4.21.